The molecule has 0 unspecified atom stereocenters. The first kappa shape index (κ1) is 27.4. The summed E-state index contributed by atoms with van der Waals surface area (Å²) in [5.41, 5.74) is -0.686. The lowest BCUT2D eigenvalue weighted by molar-refractivity contribution is -0.0747. The summed E-state index contributed by atoms with van der Waals surface area (Å²) < 4.78 is 26.7. The maximum atomic E-state index is 15.4. The van der Waals surface area contributed by atoms with Gasteiger partial charge in [0, 0.05) is 32.1 Å². The Labute approximate surface area is 208 Å². The van der Waals surface area contributed by atoms with Crippen molar-refractivity contribution in [2.75, 3.05) is 49.5 Å². The average molecular weight is 496 g/mol. The lowest BCUT2D eigenvalue weighted by Gasteiger charge is -2.37. The number of nitrogens with one attached hydrogen (secondary N) is 1. The normalized spacial score (nSPS) is 24.7. The van der Waals surface area contributed by atoms with E-state index in [1.807, 2.05) is 32.6 Å². The molecule has 1 amide bonds. The first-order chi connectivity index (χ1) is 16.4. The Kier molecular flexibility index (Phi) is 8.80. The highest BCUT2D eigenvalue weighted by molar-refractivity contribution is 5.68. The molecule has 2 fully saturated rings. The Bertz CT molecular complexity index is 853. The molecule has 2 saturated heterocycles. The topological polar surface area (TPSA) is 100 Å². The lowest BCUT2D eigenvalue weighted by Crippen LogP contribution is -2.49. The zero-order chi connectivity index (χ0) is 25.8. The van der Waals surface area contributed by atoms with Gasteiger partial charge in [0.15, 0.2) is 11.6 Å². The largest absolute Gasteiger partial charge is 0.444 e. The molecule has 1 aromatic heterocycles. The molecule has 2 aliphatic rings. The second kappa shape index (κ2) is 11.2. The SMILES string of the molecule is CCN(C[C@@H]1CCC(C)(C)OC1)c1ncnc(NC[C@H]2CCN(C(=O)OC(C)(C)C)C[C@@H]2O)c1F. The number of aliphatic hydroxyl groups is 1. The molecule has 3 atom stereocenters. The number of likely N-dealkylation sites (tertiary alicyclic amines) is 1. The third-order valence-corrected chi connectivity index (χ3v) is 6.70. The first-order valence-electron chi connectivity index (χ1n) is 12.7. The zero-order valence-corrected chi connectivity index (χ0v) is 22.0. The van der Waals surface area contributed by atoms with Crippen LogP contribution in [0, 0.1) is 17.7 Å². The number of nitrogens with zero attached hydrogens (tertiary/aromatic N) is 4. The molecule has 3 rings (SSSR count). The smallest absolute Gasteiger partial charge is 0.410 e. The summed E-state index contributed by atoms with van der Waals surface area (Å²) in [5.74, 6) is 0.0778. The van der Waals surface area contributed by atoms with Crippen LogP contribution in [0.3, 0.4) is 0 Å². The van der Waals surface area contributed by atoms with Crippen molar-refractivity contribution in [2.45, 2.75) is 78.1 Å². The van der Waals surface area contributed by atoms with Crippen molar-refractivity contribution in [3.05, 3.63) is 12.1 Å². The van der Waals surface area contributed by atoms with Gasteiger partial charge < -0.3 is 29.7 Å². The molecule has 0 bridgehead atoms. The van der Waals surface area contributed by atoms with Crippen molar-refractivity contribution in [1.82, 2.24) is 14.9 Å². The second-order valence-electron chi connectivity index (χ2n) is 11.3. The molecule has 0 saturated carbocycles. The summed E-state index contributed by atoms with van der Waals surface area (Å²) in [7, 11) is 0. The number of β-amino-alcohol motifs (C(OH)–C–C–N with tert-alkyl or cyclic N) is 1. The number of halogens is 1. The van der Waals surface area contributed by atoms with Gasteiger partial charge in [0.2, 0.25) is 5.82 Å². The summed E-state index contributed by atoms with van der Waals surface area (Å²) in [6, 6.07) is 0. The molecular formula is C25H42FN5O4. The van der Waals surface area contributed by atoms with E-state index in [2.05, 4.69) is 29.1 Å². The third-order valence-electron chi connectivity index (χ3n) is 6.70. The number of ether oxygens (including phenoxy) is 2. The van der Waals surface area contributed by atoms with Crippen molar-refractivity contribution in [1.29, 1.82) is 0 Å². The number of carbonyl (C=O) groups excluding carboxylic acids is 1. The van der Waals surface area contributed by atoms with E-state index >= 15 is 4.39 Å². The molecule has 0 aromatic carbocycles. The van der Waals surface area contributed by atoms with Crippen molar-refractivity contribution in [2.24, 2.45) is 11.8 Å². The fourth-order valence-electron chi connectivity index (χ4n) is 4.51. The van der Waals surface area contributed by atoms with Crippen LogP contribution in [0.25, 0.3) is 0 Å². The highest BCUT2D eigenvalue weighted by Crippen LogP contribution is 2.30. The van der Waals surface area contributed by atoms with Crippen LogP contribution in [0.2, 0.25) is 0 Å². The van der Waals surface area contributed by atoms with Gasteiger partial charge in [0.1, 0.15) is 11.9 Å². The third kappa shape index (κ3) is 7.64. The summed E-state index contributed by atoms with van der Waals surface area (Å²) >= 11 is 0. The van der Waals surface area contributed by atoms with Crippen molar-refractivity contribution >= 4 is 17.7 Å². The van der Waals surface area contributed by atoms with Crippen LogP contribution in [-0.2, 0) is 9.47 Å². The predicted octanol–water partition coefficient (Wildman–Crippen LogP) is 3.68. The number of carbonyl (C=O) groups is 1. The van der Waals surface area contributed by atoms with Crippen molar-refractivity contribution < 1.29 is 23.8 Å². The van der Waals surface area contributed by atoms with Crippen molar-refractivity contribution in [3.8, 4) is 0 Å². The Morgan fingerprint density at radius 3 is 2.71 bits per heavy atom. The first-order valence-corrected chi connectivity index (χ1v) is 12.7. The van der Waals surface area contributed by atoms with Crippen LogP contribution < -0.4 is 10.2 Å². The van der Waals surface area contributed by atoms with Crippen LogP contribution in [0.15, 0.2) is 6.33 Å². The van der Waals surface area contributed by atoms with Gasteiger partial charge in [0.05, 0.1) is 24.9 Å². The molecule has 3 heterocycles. The molecule has 198 valence electrons. The molecule has 2 N–H and O–H groups in total. The van der Waals surface area contributed by atoms with E-state index in [1.165, 1.54) is 11.2 Å². The number of aliphatic hydroxyl groups excluding tert-OH is 1. The summed E-state index contributed by atoms with van der Waals surface area (Å²) in [4.78, 5) is 24.1. The number of hydrogen-bond donors (Lipinski definition) is 2. The van der Waals surface area contributed by atoms with E-state index in [0.29, 0.717) is 45.1 Å². The van der Waals surface area contributed by atoms with Gasteiger partial charge in [0.25, 0.3) is 0 Å². The standard InChI is InChI=1S/C25H42FN5O4/c1-7-30(13-17-8-10-25(5,6)34-15-17)22-20(26)21(28-16-29-22)27-12-18-9-11-31(14-19(18)32)23(33)35-24(2,3)4/h16-19,32H,7-15H2,1-6H3,(H,27,28,29)/t17-,18+,19-/m0/s1. The highest BCUT2D eigenvalue weighted by atomic mass is 19.1. The van der Waals surface area contributed by atoms with E-state index in [9.17, 15) is 9.90 Å². The summed E-state index contributed by atoms with van der Waals surface area (Å²) in [6.07, 6.45) is 2.78. The van der Waals surface area contributed by atoms with E-state index < -0.39 is 23.6 Å². The average Bonchev–Trinajstić information content (AvgIpc) is 2.77. The fourth-order valence-corrected chi connectivity index (χ4v) is 4.51. The molecule has 9 nitrogen and oxygen atoms in total. The van der Waals surface area contributed by atoms with Gasteiger partial charge in [-0.15, -0.1) is 0 Å². The van der Waals surface area contributed by atoms with E-state index in [-0.39, 0.29) is 29.7 Å². The number of rotatable bonds is 7. The highest BCUT2D eigenvalue weighted by Gasteiger charge is 2.33. The zero-order valence-electron chi connectivity index (χ0n) is 22.0. The van der Waals surface area contributed by atoms with Crippen LogP contribution >= 0.6 is 0 Å². The predicted molar refractivity (Wildman–Crippen MR) is 133 cm³/mol. The summed E-state index contributed by atoms with van der Waals surface area (Å²) in [5, 5.41) is 13.7. The van der Waals surface area contributed by atoms with Crippen LogP contribution in [0.5, 0.6) is 0 Å². The molecular weight excluding hydrogens is 453 g/mol. The lowest BCUT2D eigenvalue weighted by atomic mass is 9.91. The van der Waals surface area contributed by atoms with E-state index in [4.69, 9.17) is 9.47 Å². The van der Waals surface area contributed by atoms with Gasteiger partial charge >= 0.3 is 6.09 Å². The Balaban J connectivity index is 1.56. The minimum atomic E-state index is -0.740. The Hall–Kier alpha value is -2.20. The number of amides is 1. The monoisotopic (exact) mass is 495 g/mol. The second-order valence-corrected chi connectivity index (χ2v) is 11.3. The molecule has 0 aliphatic carbocycles. The molecule has 2 aliphatic heterocycles. The van der Waals surface area contributed by atoms with Crippen LogP contribution in [-0.4, -0.2) is 82.7 Å². The minimum absolute atomic E-state index is 0.0988. The summed E-state index contributed by atoms with van der Waals surface area (Å²) in [6.45, 7) is 14.6. The van der Waals surface area contributed by atoms with Crippen molar-refractivity contribution in [3.63, 3.8) is 0 Å². The molecule has 1 aromatic rings. The Morgan fingerprint density at radius 2 is 2.11 bits per heavy atom. The number of piperidine rings is 1. The quantitative estimate of drug-likeness (QED) is 0.591. The van der Waals surface area contributed by atoms with Crippen LogP contribution in [0.1, 0.15) is 60.8 Å². The number of hydrogen-bond acceptors (Lipinski definition) is 8. The van der Waals surface area contributed by atoms with Crippen LogP contribution in [0.4, 0.5) is 20.8 Å². The van der Waals surface area contributed by atoms with Gasteiger partial charge in [-0.05, 0) is 66.7 Å². The van der Waals surface area contributed by atoms with Gasteiger partial charge in [-0.25, -0.2) is 14.8 Å². The fraction of sp³-hybridized carbons (Fsp3) is 0.800. The van der Waals surface area contributed by atoms with E-state index in [0.717, 1.165) is 12.8 Å². The number of anilines is 2. The molecule has 0 spiro atoms. The van der Waals surface area contributed by atoms with Gasteiger partial charge in [-0.3, -0.25) is 0 Å². The van der Waals surface area contributed by atoms with E-state index in [1.54, 1.807) is 0 Å². The molecule has 0 radical (unpaired) electrons. The Morgan fingerprint density at radius 1 is 1.37 bits per heavy atom. The van der Waals surface area contributed by atoms with Gasteiger partial charge in [-0.1, -0.05) is 0 Å². The maximum absolute atomic E-state index is 15.4. The minimum Gasteiger partial charge on any atom is -0.444 e. The number of aromatic nitrogens is 2. The maximum Gasteiger partial charge on any atom is 0.410 e. The molecule has 35 heavy (non-hydrogen) atoms. The van der Waals surface area contributed by atoms with Gasteiger partial charge in [-0.2, -0.15) is 4.39 Å². The molecule has 10 heteroatoms.